The Morgan fingerprint density at radius 1 is 1.08 bits per heavy atom. The lowest BCUT2D eigenvalue weighted by molar-refractivity contribution is 0.102. The fourth-order valence-corrected chi connectivity index (χ4v) is 2.91. The molecule has 3 rings (SSSR count). The Kier molecular flexibility index (Phi) is 4.84. The van der Waals surface area contributed by atoms with E-state index in [2.05, 4.69) is 10.6 Å². The van der Waals surface area contributed by atoms with Crippen LogP contribution in [-0.2, 0) is 0 Å². The molecule has 1 heterocycles. The Hall–Kier alpha value is -3.08. The molecule has 5 nitrogen and oxygen atoms in total. The van der Waals surface area contributed by atoms with Gasteiger partial charge in [0.25, 0.3) is 0 Å². The van der Waals surface area contributed by atoms with E-state index < -0.39 is 6.04 Å². The number of amides is 2. The van der Waals surface area contributed by atoms with E-state index in [1.54, 1.807) is 19.1 Å². The van der Waals surface area contributed by atoms with Crippen molar-refractivity contribution in [2.45, 2.75) is 19.9 Å². The second-order valence-electron chi connectivity index (χ2n) is 5.77. The zero-order valence-electron chi connectivity index (χ0n) is 14.2. The summed E-state index contributed by atoms with van der Waals surface area (Å²) in [4.78, 5) is 24.9. The molecule has 0 aromatic heterocycles. The number of nitrogens with one attached hydrogen (secondary N) is 2. The van der Waals surface area contributed by atoms with Gasteiger partial charge < -0.3 is 15.4 Å². The first-order valence-electron chi connectivity index (χ1n) is 8.21. The second kappa shape index (κ2) is 7.21. The van der Waals surface area contributed by atoms with Crippen LogP contribution in [-0.4, -0.2) is 18.4 Å². The Morgan fingerprint density at radius 3 is 2.40 bits per heavy atom. The summed E-state index contributed by atoms with van der Waals surface area (Å²) in [7, 11) is 0. The Labute approximate surface area is 146 Å². The van der Waals surface area contributed by atoms with Gasteiger partial charge in [-0.25, -0.2) is 4.79 Å². The molecule has 0 fully saturated rings. The van der Waals surface area contributed by atoms with Crippen LogP contribution in [0.15, 0.2) is 65.9 Å². The van der Waals surface area contributed by atoms with E-state index in [9.17, 15) is 9.59 Å². The van der Waals surface area contributed by atoms with E-state index in [1.807, 2.05) is 49.4 Å². The molecule has 2 aromatic rings. The normalized spacial score (nSPS) is 16.9. The predicted molar refractivity (Wildman–Crippen MR) is 95.5 cm³/mol. The summed E-state index contributed by atoms with van der Waals surface area (Å²) in [6.45, 7) is 4.25. The van der Waals surface area contributed by atoms with Crippen LogP contribution in [0.25, 0.3) is 0 Å². The van der Waals surface area contributed by atoms with Crippen molar-refractivity contribution in [1.82, 2.24) is 10.6 Å². The molecule has 2 aromatic carbocycles. The highest BCUT2D eigenvalue weighted by molar-refractivity contribution is 6.11. The van der Waals surface area contributed by atoms with Crippen molar-refractivity contribution in [1.29, 1.82) is 0 Å². The van der Waals surface area contributed by atoms with Crippen LogP contribution in [0.5, 0.6) is 5.75 Å². The lowest BCUT2D eigenvalue weighted by Gasteiger charge is -2.28. The van der Waals surface area contributed by atoms with E-state index in [1.165, 1.54) is 0 Å². The lowest BCUT2D eigenvalue weighted by atomic mass is 9.89. The van der Waals surface area contributed by atoms with Gasteiger partial charge in [-0.1, -0.05) is 42.5 Å². The first-order chi connectivity index (χ1) is 12.1. The minimum absolute atomic E-state index is 0.107. The third-order valence-electron chi connectivity index (χ3n) is 4.07. The van der Waals surface area contributed by atoms with Crippen molar-refractivity contribution >= 4 is 11.8 Å². The van der Waals surface area contributed by atoms with Gasteiger partial charge in [-0.2, -0.15) is 0 Å². The zero-order chi connectivity index (χ0) is 17.8. The molecule has 5 heteroatoms. The van der Waals surface area contributed by atoms with E-state index in [4.69, 9.17) is 4.74 Å². The number of ether oxygens (including phenoxy) is 1. The van der Waals surface area contributed by atoms with Gasteiger partial charge in [0.05, 0.1) is 12.6 Å². The lowest BCUT2D eigenvalue weighted by Crippen LogP contribution is -2.45. The van der Waals surface area contributed by atoms with Gasteiger partial charge >= 0.3 is 6.03 Å². The van der Waals surface area contributed by atoms with Gasteiger partial charge in [-0.05, 0) is 31.5 Å². The first-order valence-corrected chi connectivity index (χ1v) is 8.21. The van der Waals surface area contributed by atoms with Gasteiger partial charge in [-0.15, -0.1) is 0 Å². The SMILES string of the molecule is CCOc1ccc([C@H]2NC(=O)NC(C)=C2C(=O)c2ccccc2)cc1. The minimum atomic E-state index is -0.503. The van der Waals surface area contributed by atoms with Gasteiger partial charge in [0.2, 0.25) is 0 Å². The molecule has 0 bridgehead atoms. The number of benzene rings is 2. The summed E-state index contributed by atoms with van der Waals surface area (Å²) in [6, 6.07) is 15.6. The maximum atomic E-state index is 13.0. The largest absolute Gasteiger partial charge is 0.494 e. The van der Waals surface area contributed by atoms with Crippen LogP contribution in [0.4, 0.5) is 4.79 Å². The summed E-state index contributed by atoms with van der Waals surface area (Å²) >= 11 is 0. The van der Waals surface area contributed by atoms with Crippen molar-refractivity contribution < 1.29 is 14.3 Å². The van der Waals surface area contributed by atoms with E-state index in [-0.39, 0.29) is 11.8 Å². The highest BCUT2D eigenvalue weighted by atomic mass is 16.5. The first kappa shape index (κ1) is 16.8. The molecular formula is C20H20N2O3. The van der Waals surface area contributed by atoms with E-state index in [0.29, 0.717) is 23.4 Å². The van der Waals surface area contributed by atoms with Crippen molar-refractivity contribution in [3.05, 3.63) is 77.0 Å². The Morgan fingerprint density at radius 2 is 1.76 bits per heavy atom. The molecule has 0 radical (unpaired) electrons. The minimum Gasteiger partial charge on any atom is -0.494 e. The Bertz CT molecular complexity index is 811. The molecule has 25 heavy (non-hydrogen) atoms. The maximum Gasteiger partial charge on any atom is 0.319 e. The molecule has 0 spiro atoms. The summed E-state index contributed by atoms with van der Waals surface area (Å²) in [6.07, 6.45) is 0. The van der Waals surface area contributed by atoms with Crippen LogP contribution in [0.2, 0.25) is 0 Å². The molecule has 0 unspecified atom stereocenters. The monoisotopic (exact) mass is 336 g/mol. The molecule has 1 atom stereocenters. The van der Waals surface area contributed by atoms with Gasteiger partial charge in [0.1, 0.15) is 5.75 Å². The van der Waals surface area contributed by atoms with Crippen LogP contribution >= 0.6 is 0 Å². The summed E-state index contributed by atoms with van der Waals surface area (Å²) in [5, 5.41) is 5.54. The topological polar surface area (TPSA) is 67.4 Å². The molecule has 1 aliphatic rings. The summed E-state index contributed by atoms with van der Waals surface area (Å²) in [5.74, 6) is 0.646. The van der Waals surface area contributed by atoms with Gasteiger partial charge in [-0.3, -0.25) is 4.79 Å². The Balaban J connectivity index is 1.99. The van der Waals surface area contributed by atoms with Crippen LogP contribution in [0, 0.1) is 0 Å². The fraction of sp³-hybridized carbons (Fsp3) is 0.200. The third-order valence-corrected chi connectivity index (χ3v) is 4.07. The number of hydrogen-bond donors (Lipinski definition) is 2. The zero-order valence-corrected chi connectivity index (χ0v) is 14.2. The highest BCUT2D eigenvalue weighted by Gasteiger charge is 2.31. The predicted octanol–water partition coefficient (Wildman–Crippen LogP) is 3.60. The number of Topliss-reactive ketones (excluding diaryl/α,β-unsaturated/α-hetero) is 1. The fourth-order valence-electron chi connectivity index (χ4n) is 2.91. The number of ketones is 1. The standard InChI is InChI=1S/C20H20N2O3/c1-3-25-16-11-9-14(10-12-16)18-17(13(2)21-20(24)22-18)19(23)15-7-5-4-6-8-15/h4-12,18H,3H2,1-2H3,(H2,21,22,24)/t18-/m1/s1. The molecule has 0 aliphatic carbocycles. The van der Waals surface area contributed by atoms with E-state index in [0.717, 1.165) is 11.3 Å². The van der Waals surface area contributed by atoms with E-state index >= 15 is 0 Å². The number of rotatable bonds is 5. The molecule has 1 aliphatic heterocycles. The van der Waals surface area contributed by atoms with Crippen LogP contribution in [0.3, 0.4) is 0 Å². The van der Waals surface area contributed by atoms with Crippen LogP contribution in [0.1, 0.15) is 35.8 Å². The average molecular weight is 336 g/mol. The smallest absolute Gasteiger partial charge is 0.319 e. The molecule has 2 amide bonds. The number of carbonyl (C=O) groups excluding carboxylic acids is 2. The maximum absolute atomic E-state index is 13.0. The third kappa shape index (κ3) is 3.55. The number of carbonyl (C=O) groups is 2. The molecule has 0 saturated carbocycles. The molecule has 128 valence electrons. The van der Waals surface area contributed by atoms with Crippen molar-refractivity contribution in [3.63, 3.8) is 0 Å². The second-order valence-corrected chi connectivity index (χ2v) is 5.77. The van der Waals surface area contributed by atoms with Gasteiger partial charge in [0, 0.05) is 16.8 Å². The van der Waals surface area contributed by atoms with Crippen molar-refractivity contribution in [2.24, 2.45) is 0 Å². The molecule has 2 N–H and O–H groups in total. The van der Waals surface area contributed by atoms with Crippen molar-refractivity contribution in [3.8, 4) is 5.75 Å². The quantitative estimate of drug-likeness (QED) is 0.820. The molecular weight excluding hydrogens is 316 g/mol. The molecule has 0 saturated heterocycles. The van der Waals surface area contributed by atoms with Crippen LogP contribution < -0.4 is 15.4 Å². The average Bonchev–Trinajstić information content (AvgIpc) is 2.62. The number of urea groups is 1. The summed E-state index contributed by atoms with van der Waals surface area (Å²) in [5.41, 5.74) is 2.52. The number of allylic oxidation sites excluding steroid dienone is 1. The highest BCUT2D eigenvalue weighted by Crippen LogP contribution is 2.30. The number of hydrogen-bond acceptors (Lipinski definition) is 3. The van der Waals surface area contributed by atoms with Gasteiger partial charge in [0.15, 0.2) is 5.78 Å². The summed E-state index contributed by atoms with van der Waals surface area (Å²) < 4.78 is 5.46. The van der Waals surface area contributed by atoms with Crippen molar-refractivity contribution in [2.75, 3.05) is 6.61 Å².